The number of nitro groups is 1. The van der Waals surface area contributed by atoms with Crippen molar-refractivity contribution in [1.82, 2.24) is 9.78 Å². The molecule has 0 saturated heterocycles. The van der Waals surface area contributed by atoms with Crippen molar-refractivity contribution in [2.75, 3.05) is 17.2 Å². The Balaban J connectivity index is 1.43. The van der Waals surface area contributed by atoms with Crippen molar-refractivity contribution in [3.8, 4) is 17.2 Å². The minimum atomic E-state index is -4.63. The van der Waals surface area contributed by atoms with Crippen LogP contribution in [0.15, 0.2) is 77.4 Å². The summed E-state index contributed by atoms with van der Waals surface area (Å²) in [5, 5.41) is 21.0. The van der Waals surface area contributed by atoms with Crippen molar-refractivity contribution in [3.05, 3.63) is 98.6 Å². The summed E-state index contributed by atoms with van der Waals surface area (Å²) in [6.07, 6.45) is -3.93. The first-order valence-electron chi connectivity index (χ1n) is 12.7. The molecule has 2 N–H and O–H groups in total. The van der Waals surface area contributed by atoms with E-state index in [0.29, 0.717) is 23.7 Å². The van der Waals surface area contributed by atoms with Gasteiger partial charge >= 0.3 is 6.18 Å². The lowest BCUT2D eigenvalue weighted by molar-refractivity contribution is -0.384. The Hall–Kier alpha value is -4.59. The molecule has 0 saturated carbocycles. The van der Waals surface area contributed by atoms with E-state index in [4.69, 9.17) is 9.47 Å². The van der Waals surface area contributed by atoms with E-state index in [1.54, 1.807) is 48.5 Å². The Morgan fingerprint density at radius 3 is 2.45 bits per heavy atom. The summed E-state index contributed by atoms with van der Waals surface area (Å²) in [4.78, 5) is 24.3. The van der Waals surface area contributed by atoms with Crippen LogP contribution < -0.4 is 20.1 Å². The second-order valence-electron chi connectivity index (χ2n) is 9.33. The smallest absolute Gasteiger partial charge is 0.410 e. The van der Waals surface area contributed by atoms with Crippen molar-refractivity contribution in [3.63, 3.8) is 0 Å². The third-order valence-corrected chi connectivity index (χ3v) is 7.01. The van der Waals surface area contributed by atoms with Gasteiger partial charge in [-0.1, -0.05) is 28.1 Å². The molecule has 42 heavy (non-hydrogen) atoms. The SMILES string of the molecule is CCOc1ccc(Oc2cc(NC(=O)c3cnn4c3NC(c3ccc(Br)cc3)CC4C(F)(F)F)cc([N+](=O)[O-])c2)cc1. The summed E-state index contributed by atoms with van der Waals surface area (Å²) in [6, 6.07) is 14.3. The number of halogens is 4. The number of alkyl halides is 3. The molecule has 218 valence electrons. The monoisotopic (exact) mass is 645 g/mol. The van der Waals surface area contributed by atoms with Crippen LogP contribution in [0, 0.1) is 10.1 Å². The minimum absolute atomic E-state index is 0.00252. The average molecular weight is 646 g/mol. The molecule has 1 aromatic heterocycles. The molecule has 2 atom stereocenters. The predicted octanol–water partition coefficient (Wildman–Crippen LogP) is 7.66. The van der Waals surface area contributed by atoms with E-state index in [9.17, 15) is 28.1 Å². The fraction of sp³-hybridized carbons (Fsp3) is 0.214. The number of nitrogens with zero attached hydrogens (tertiary/aromatic N) is 3. The third kappa shape index (κ3) is 6.33. The highest BCUT2D eigenvalue weighted by molar-refractivity contribution is 9.10. The molecule has 1 amide bonds. The van der Waals surface area contributed by atoms with Crippen molar-refractivity contribution >= 4 is 39.0 Å². The number of benzene rings is 3. The summed E-state index contributed by atoms with van der Waals surface area (Å²) in [5.74, 6) is 0.110. The predicted molar refractivity (Wildman–Crippen MR) is 151 cm³/mol. The Morgan fingerprint density at radius 1 is 1.12 bits per heavy atom. The Kier molecular flexibility index (Phi) is 8.07. The maximum absolute atomic E-state index is 14.1. The zero-order valence-corrected chi connectivity index (χ0v) is 23.5. The molecule has 5 rings (SSSR count). The number of carbonyl (C=O) groups excluding carboxylic acids is 1. The van der Waals surface area contributed by atoms with Crippen LogP contribution in [0.2, 0.25) is 0 Å². The van der Waals surface area contributed by atoms with Gasteiger partial charge in [-0.25, -0.2) is 4.68 Å². The zero-order chi connectivity index (χ0) is 30.0. The molecular formula is C28H23BrF3N5O5. The van der Waals surface area contributed by atoms with Gasteiger partial charge in [0.2, 0.25) is 0 Å². The van der Waals surface area contributed by atoms with E-state index in [2.05, 4.69) is 31.7 Å². The first-order chi connectivity index (χ1) is 20.0. The standard InChI is InChI=1S/C28H23BrF3N5O5/c1-2-41-20-7-9-21(10-8-20)42-22-12-18(11-19(13-22)37(39)40)34-27(38)23-15-33-36-25(28(30,31)32)14-24(35-26(23)36)16-3-5-17(29)6-4-16/h3-13,15,24-25,35H,2,14H2,1H3,(H,34,38). The first kappa shape index (κ1) is 28.9. The molecule has 1 aliphatic heterocycles. The summed E-state index contributed by atoms with van der Waals surface area (Å²) < 4.78 is 54.8. The normalized spacial score (nSPS) is 16.2. The second-order valence-corrected chi connectivity index (χ2v) is 10.2. The van der Waals surface area contributed by atoms with Crippen LogP contribution in [0.25, 0.3) is 0 Å². The summed E-state index contributed by atoms with van der Waals surface area (Å²) in [6.45, 7) is 2.32. The number of non-ortho nitro benzene ring substituents is 1. The van der Waals surface area contributed by atoms with Crippen LogP contribution in [-0.2, 0) is 0 Å². The first-order valence-corrected chi connectivity index (χ1v) is 13.5. The Morgan fingerprint density at radius 2 is 1.81 bits per heavy atom. The zero-order valence-electron chi connectivity index (χ0n) is 21.9. The highest BCUT2D eigenvalue weighted by Crippen LogP contribution is 2.44. The molecule has 2 unspecified atom stereocenters. The van der Waals surface area contributed by atoms with Gasteiger partial charge in [0.1, 0.15) is 28.6 Å². The fourth-order valence-corrected chi connectivity index (χ4v) is 4.83. The van der Waals surface area contributed by atoms with Gasteiger partial charge < -0.3 is 20.1 Å². The van der Waals surface area contributed by atoms with Gasteiger partial charge in [-0.15, -0.1) is 0 Å². The lowest BCUT2D eigenvalue weighted by Gasteiger charge is -2.34. The van der Waals surface area contributed by atoms with Crippen molar-refractivity contribution in [1.29, 1.82) is 0 Å². The van der Waals surface area contributed by atoms with E-state index in [-0.39, 0.29) is 34.9 Å². The average Bonchev–Trinajstić information content (AvgIpc) is 3.37. The van der Waals surface area contributed by atoms with Crippen LogP contribution >= 0.6 is 15.9 Å². The molecule has 1 aliphatic rings. The van der Waals surface area contributed by atoms with Crippen LogP contribution in [0.3, 0.4) is 0 Å². The van der Waals surface area contributed by atoms with E-state index in [0.717, 1.165) is 21.4 Å². The van der Waals surface area contributed by atoms with Crippen LogP contribution in [0.5, 0.6) is 17.2 Å². The van der Waals surface area contributed by atoms with Crippen molar-refractivity contribution in [2.45, 2.75) is 31.6 Å². The number of rotatable bonds is 8. The molecular weight excluding hydrogens is 623 g/mol. The summed E-state index contributed by atoms with van der Waals surface area (Å²) >= 11 is 3.32. The highest BCUT2D eigenvalue weighted by Gasteiger charge is 2.47. The van der Waals surface area contributed by atoms with E-state index in [1.165, 1.54) is 12.1 Å². The molecule has 0 radical (unpaired) electrons. The van der Waals surface area contributed by atoms with Crippen molar-refractivity contribution < 1.29 is 32.4 Å². The van der Waals surface area contributed by atoms with Gasteiger partial charge in [0.05, 0.1) is 35.5 Å². The maximum Gasteiger partial charge on any atom is 0.410 e. The molecule has 2 heterocycles. The number of hydrogen-bond donors (Lipinski definition) is 2. The van der Waals surface area contributed by atoms with E-state index >= 15 is 0 Å². The van der Waals surface area contributed by atoms with Crippen LogP contribution in [0.4, 0.5) is 30.4 Å². The second kappa shape index (κ2) is 11.7. The molecule has 10 nitrogen and oxygen atoms in total. The molecule has 14 heteroatoms. The molecule has 4 aromatic rings. The van der Waals surface area contributed by atoms with Crippen LogP contribution in [0.1, 0.15) is 41.3 Å². The van der Waals surface area contributed by atoms with E-state index in [1.807, 2.05) is 6.92 Å². The lowest BCUT2D eigenvalue weighted by atomic mass is 9.96. The van der Waals surface area contributed by atoms with Crippen LogP contribution in [-0.4, -0.2) is 33.4 Å². The number of aromatic nitrogens is 2. The maximum atomic E-state index is 14.1. The third-order valence-electron chi connectivity index (χ3n) is 6.49. The lowest BCUT2D eigenvalue weighted by Crippen LogP contribution is -2.36. The van der Waals surface area contributed by atoms with Gasteiger partial charge in [-0.2, -0.15) is 18.3 Å². The number of carbonyl (C=O) groups is 1. The number of hydrogen-bond acceptors (Lipinski definition) is 7. The molecule has 0 aliphatic carbocycles. The molecule has 3 aromatic carbocycles. The van der Waals surface area contributed by atoms with Crippen molar-refractivity contribution in [2.24, 2.45) is 0 Å². The number of anilines is 2. The number of nitrogens with one attached hydrogen (secondary N) is 2. The Bertz CT molecular complexity index is 1610. The largest absolute Gasteiger partial charge is 0.494 e. The topological polar surface area (TPSA) is 121 Å². The van der Waals surface area contributed by atoms with Gasteiger partial charge in [0.15, 0.2) is 6.04 Å². The molecule has 0 fully saturated rings. The quantitative estimate of drug-likeness (QED) is 0.149. The van der Waals surface area contributed by atoms with E-state index < -0.39 is 29.1 Å². The summed E-state index contributed by atoms with van der Waals surface area (Å²) in [5.41, 5.74) is 0.0756. The summed E-state index contributed by atoms with van der Waals surface area (Å²) in [7, 11) is 0. The van der Waals surface area contributed by atoms with Gasteiger partial charge in [-0.05, 0) is 48.9 Å². The Labute approximate surface area is 245 Å². The molecule has 0 bridgehead atoms. The molecule has 0 spiro atoms. The number of ether oxygens (including phenoxy) is 2. The number of amides is 1. The van der Waals surface area contributed by atoms with Gasteiger partial charge in [-0.3, -0.25) is 14.9 Å². The highest BCUT2D eigenvalue weighted by atomic mass is 79.9. The number of nitro benzene ring substituents is 1. The minimum Gasteiger partial charge on any atom is -0.494 e. The number of fused-ring (bicyclic) bond motifs is 1. The van der Waals surface area contributed by atoms with Gasteiger partial charge in [0, 0.05) is 23.0 Å². The fourth-order valence-electron chi connectivity index (χ4n) is 4.57. The van der Waals surface area contributed by atoms with Gasteiger partial charge in [0.25, 0.3) is 11.6 Å².